The van der Waals surface area contributed by atoms with Gasteiger partial charge in [0, 0.05) is 5.69 Å². The number of benzene rings is 1. The quantitative estimate of drug-likeness (QED) is 0.898. The molecule has 0 spiro atoms. The van der Waals surface area contributed by atoms with Crippen molar-refractivity contribution < 1.29 is 22.6 Å². The number of anilines is 1. The summed E-state index contributed by atoms with van der Waals surface area (Å²) >= 11 is 0. The second-order valence-electron chi connectivity index (χ2n) is 4.94. The van der Waals surface area contributed by atoms with E-state index in [4.69, 9.17) is 9.47 Å². The molecule has 0 aliphatic carbocycles. The lowest BCUT2D eigenvalue weighted by Crippen LogP contribution is -2.45. The number of hydrogen-bond donors (Lipinski definition) is 1. The van der Waals surface area contributed by atoms with E-state index in [9.17, 15) is 13.2 Å². The molecule has 1 N–H and O–H groups in total. The highest BCUT2D eigenvalue weighted by Gasteiger charge is 2.31. The Hall–Kier alpha value is -1.27. The molecule has 1 aromatic rings. The zero-order valence-corrected chi connectivity index (χ0v) is 10.8. The molecule has 3 nitrogen and oxygen atoms in total. The Bertz CT molecular complexity index is 436. The van der Waals surface area contributed by atoms with Crippen LogP contribution in [0, 0.1) is 0 Å². The van der Waals surface area contributed by atoms with Crippen molar-refractivity contribution in [3.8, 4) is 0 Å². The molecule has 1 aliphatic rings. The van der Waals surface area contributed by atoms with Crippen LogP contribution >= 0.6 is 0 Å². The highest BCUT2D eigenvalue weighted by atomic mass is 19.4. The molecule has 1 saturated heterocycles. The van der Waals surface area contributed by atoms with E-state index in [1.165, 1.54) is 6.07 Å². The predicted octanol–water partition coefficient (Wildman–Crippen LogP) is 3.27. The SMILES string of the molecule is CC1(C)OCC(Nc2cccc(C(F)(F)F)c2)CO1. The maximum Gasteiger partial charge on any atom is 0.416 e. The fraction of sp³-hybridized carbons (Fsp3) is 0.538. The van der Waals surface area contributed by atoms with Crippen molar-refractivity contribution in [1.29, 1.82) is 0 Å². The first-order valence-electron chi connectivity index (χ1n) is 5.98. The molecule has 1 fully saturated rings. The lowest BCUT2D eigenvalue weighted by molar-refractivity contribution is -0.247. The van der Waals surface area contributed by atoms with E-state index in [0.717, 1.165) is 12.1 Å². The molecule has 1 aromatic carbocycles. The summed E-state index contributed by atoms with van der Waals surface area (Å²) in [6.07, 6.45) is -4.33. The average molecular weight is 275 g/mol. The molecule has 0 saturated carbocycles. The van der Waals surface area contributed by atoms with Gasteiger partial charge in [-0.3, -0.25) is 0 Å². The van der Waals surface area contributed by atoms with Gasteiger partial charge in [-0.25, -0.2) is 0 Å². The van der Waals surface area contributed by atoms with Crippen molar-refractivity contribution in [2.45, 2.75) is 31.9 Å². The van der Waals surface area contributed by atoms with Gasteiger partial charge in [-0.05, 0) is 32.0 Å². The first-order chi connectivity index (χ1) is 8.76. The molecule has 0 amide bonds. The predicted molar refractivity (Wildman–Crippen MR) is 64.8 cm³/mol. The van der Waals surface area contributed by atoms with E-state index >= 15 is 0 Å². The molecule has 1 heterocycles. The Kier molecular flexibility index (Phi) is 3.73. The summed E-state index contributed by atoms with van der Waals surface area (Å²) in [6, 6.07) is 4.94. The van der Waals surface area contributed by atoms with Crippen molar-refractivity contribution in [1.82, 2.24) is 0 Å². The molecule has 106 valence electrons. The first kappa shape index (κ1) is 14.1. The number of halogens is 3. The Balaban J connectivity index is 2.00. The van der Waals surface area contributed by atoms with Gasteiger partial charge in [0.1, 0.15) is 0 Å². The van der Waals surface area contributed by atoms with E-state index in [0.29, 0.717) is 18.9 Å². The number of nitrogens with one attached hydrogen (secondary N) is 1. The molecular formula is C13H16F3NO2. The summed E-state index contributed by atoms with van der Waals surface area (Å²) in [5.41, 5.74) is -0.262. The van der Waals surface area contributed by atoms with Gasteiger partial charge in [0.15, 0.2) is 5.79 Å². The number of hydrogen-bond acceptors (Lipinski definition) is 3. The summed E-state index contributed by atoms with van der Waals surface area (Å²) in [7, 11) is 0. The summed E-state index contributed by atoms with van der Waals surface area (Å²) in [5.74, 6) is -0.633. The van der Waals surface area contributed by atoms with Crippen LogP contribution in [0.5, 0.6) is 0 Å². The smallest absolute Gasteiger partial charge is 0.378 e. The van der Waals surface area contributed by atoms with Crippen LogP contribution < -0.4 is 5.32 Å². The Morgan fingerprint density at radius 2 is 1.84 bits per heavy atom. The third kappa shape index (κ3) is 3.84. The van der Waals surface area contributed by atoms with E-state index < -0.39 is 17.5 Å². The molecule has 0 bridgehead atoms. The first-order valence-corrected chi connectivity index (χ1v) is 5.98. The van der Waals surface area contributed by atoms with Crippen molar-refractivity contribution in [3.63, 3.8) is 0 Å². The van der Waals surface area contributed by atoms with Gasteiger partial charge in [0.2, 0.25) is 0 Å². The van der Waals surface area contributed by atoms with Crippen LogP contribution in [0.25, 0.3) is 0 Å². The molecule has 6 heteroatoms. The van der Waals surface area contributed by atoms with E-state index in [-0.39, 0.29) is 6.04 Å². The standard InChI is InChI=1S/C13H16F3NO2/c1-12(2)18-7-11(8-19-12)17-10-5-3-4-9(6-10)13(14,15)16/h3-6,11,17H,7-8H2,1-2H3. The fourth-order valence-electron chi connectivity index (χ4n) is 1.80. The monoisotopic (exact) mass is 275 g/mol. The lowest BCUT2D eigenvalue weighted by atomic mass is 10.1. The van der Waals surface area contributed by atoms with E-state index in [2.05, 4.69) is 5.32 Å². The van der Waals surface area contributed by atoms with E-state index in [1.807, 2.05) is 0 Å². The number of alkyl halides is 3. The van der Waals surface area contributed by atoms with Crippen LogP contribution in [0.4, 0.5) is 18.9 Å². The summed E-state index contributed by atoms with van der Waals surface area (Å²) in [4.78, 5) is 0. The minimum absolute atomic E-state index is 0.156. The normalized spacial score (nSPS) is 20.3. The molecule has 1 aliphatic heterocycles. The minimum Gasteiger partial charge on any atom is -0.378 e. The van der Waals surface area contributed by atoms with Crippen LogP contribution in [0.2, 0.25) is 0 Å². The molecule has 0 aromatic heterocycles. The highest BCUT2D eigenvalue weighted by Crippen LogP contribution is 2.31. The zero-order chi connectivity index (χ0) is 14.1. The zero-order valence-electron chi connectivity index (χ0n) is 10.8. The second kappa shape index (κ2) is 5.02. The van der Waals surface area contributed by atoms with Crippen molar-refractivity contribution in [2.24, 2.45) is 0 Å². The maximum atomic E-state index is 12.6. The second-order valence-corrected chi connectivity index (χ2v) is 4.94. The van der Waals surface area contributed by atoms with Gasteiger partial charge in [0.05, 0.1) is 24.8 Å². The lowest BCUT2D eigenvalue weighted by Gasteiger charge is -2.35. The van der Waals surface area contributed by atoms with Crippen LogP contribution in [-0.4, -0.2) is 25.0 Å². The fourth-order valence-corrected chi connectivity index (χ4v) is 1.80. The molecule has 2 rings (SSSR count). The highest BCUT2D eigenvalue weighted by molar-refractivity contribution is 5.47. The number of ether oxygens (including phenoxy) is 2. The van der Waals surface area contributed by atoms with Crippen LogP contribution in [0.3, 0.4) is 0 Å². The maximum absolute atomic E-state index is 12.6. The van der Waals surface area contributed by atoms with Crippen molar-refractivity contribution in [3.05, 3.63) is 29.8 Å². The molecule has 19 heavy (non-hydrogen) atoms. The topological polar surface area (TPSA) is 30.5 Å². The van der Waals surface area contributed by atoms with Gasteiger partial charge in [-0.2, -0.15) is 13.2 Å². The third-order valence-electron chi connectivity index (χ3n) is 2.82. The van der Waals surface area contributed by atoms with Gasteiger partial charge < -0.3 is 14.8 Å². The van der Waals surface area contributed by atoms with Crippen molar-refractivity contribution in [2.75, 3.05) is 18.5 Å². The van der Waals surface area contributed by atoms with Crippen LogP contribution in [-0.2, 0) is 15.7 Å². The van der Waals surface area contributed by atoms with Crippen molar-refractivity contribution >= 4 is 5.69 Å². The number of rotatable bonds is 2. The Morgan fingerprint density at radius 1 is 1.21 bits per heavy atom. The minimum atomic E-state index is -4.33. The average Bonchev–Trinajstić information content (AvgIpc) is 2.31. The summed E-state index contributed by atoms with van der Waals surface area (Å²) in [5, 5.41) is 2.98. The van der Waals surface area contributed by atoms with Crippen LogP contribution in [0.15, 0.2) is 24.3 Å². The van der Waals surface area contributed by atoms with Gasteiger partial charge in [-0.15, -0.1) is 0 Å². The van der Waals surface area contributed by atoms with Crippen LogP contribution in [0.1, 0.15) is 19.4 Å². The molecule has 0 unspecified atom stereocenters. The largest absolute Gasteiger partial charge is 0.416 e. The Labute approximate surface area is 109 Å². The Morgan fingerprint density at radius 3 is 2.42 bits per heavy atom. The molecule has 0 atom stereocenters. The summed E-state index contributed by atoms with van der Waals surface area (Å²) < 4.78 is 48.6. The van der Waals surface area contributed by atoms with E-state index in [1.54, 1.807) is 19.9 Å². The van der Waals surface area contributed by atoms with Gasteiger partial charge in [-0.1, -0.05) is 6.07 Å². The van der Waals surface area contributed by atoms with Gasteiger partial charge in [0.25, 0.3) is 0 Å². The third-order valence-corrected chi connectivity index (χ3v) is 2.82. The summed E-state index contributed by atoms with van der Waals surface area (Å²) in [6.45, 7) is 4.38. The molecular weight excluding hydrogens is 259 g/mol. The molecule has 0 radical (unpaired) electrons. The van der Waals surface area contributed by atoms with Gasteiger partial charge >= 0.3 is 6.18 Å².